The monoisotopic (exact) mass is 533 g/mol. The average molecular weight is 534 g/mol. The molecule has 9 nitrogen and oxygen atoms in total. The van der Waals surface area contributed by atoms with E-state index in [9.17, 15) is 14.7 Å². The van der Waals surface area contributed by atoms with Crippen LogP contribution >= 0.6 is 0 Å². The van der Waals surface area contributed by atoms with Crippen LogP contribution in [-0.2, 0) is 6.54 Å². The van der Waals surface area contributed by atoms with E-state index in [-0.39, 0.29) is 42.0 Å². The Hall–Kier alpha value is -3.95. The summed E-state index contributed by atoms with van der Waals surface area (Å²) in [5.41, 5.74) is 3.25. The van der Waals surface area contributed by atoms with Crippen molar-refractivity contribution in [2.75, 3.05) is 33.9 Å². The molecule has 2 N–H and O–H groups in total. The lowest BCUT2D eigenvalue weighted by Gasteiger charge is -2.37. The third-order valence-electron chi connectivity index (χ3n) is 7.09. The van der Waals surface area contributed by atoms with E-state index in [4.69, 9.17) is 14.6 Å². The van der Waals surface area contributed by atoms with E-state index in [1.165, 1.54) is 0 Å². The first-order valence-corrected chi connectivity index (χ1v) is 12.9. The van der Waals surface area contributed by atoms with Crippen LogP contribution in [0.5, 0.6) is 11.6 Å². The molecular formula is C30H35N3O6. The summed E-state index contributed by atoms with van der Waals surface area (Å²) in [6.45, 7) is 5.27. The van der Waals surface area contributed by atoms with Crippen molar-refractivity contribution in [2.24, 2.45) is 5.92 Å². The number of aliphatic hydroxyl groups excluding tert-OH is 1. The summed E-state index contributed by atoms with van der Waals surface area (Å²) in [5, 5.41) is 19.1. The van der Waals surface area contributed by atoms with Gasteiger partial charge in [-0.3, -0.25) is 9.69 Å². The smallest absolute Gasteiger partial charge is 0.335 e. The minimum Gasteiger partial charge on any atom is -0.497 e. The molecule has 0 fully saturated rings. The molecule has 0 spiro atoms. The average Bonchev–Trinajstić information content (AvgIpc) is 2.94. The van der Waals surface area contributed by atoms with Crippen LogP contribution in [0.25, 0.3) is 11.1 Å². The predicted molar refractivity (Wildman–Crippen MR) is 147 cm³/mol. The Morgan fingerprint density at radius 2 is 1.87 bits per heavy atom. The molecule has 2 heterocycles. The van der Waals surface area contributed by atoms with Crippen LogP contribution in [0.15, 0.2) is 60.8 Å². The van der Waals surface area contributed by atoms with Crippen molar-refractivity contribution in [3.63, 3.8) is 0 Å². The minimum absolute atomic E-state index is 0.0454. The number of carbonyl (C=O) groups is 2. The van der Waals surface area contributed by atoms with Crippen LogP contribution in [0.3, 0.4) is 0 Å². The van der Waals surface area contributed by atoms with Crippen LogP contribution in [0.2, 0.25) is 0 Å². The third kappa shape index (κ3) is 6.55. The summed E-state index contributed by atoms with van der Waals surface area (Å²) >= 11 is 0. The molecule has 0 bridgehead atoms. The van der Waals surface area contributed by atoms with Gasteiger partial charge in [-0.1, -0.05) is 31.2 Å². The molecule has 0 aliphatic carbocycles. The number of hydrogen-bond acceptors (Lipinski definition) is 7. The van der Waals surface area contributed by atoms with Crippen molar-refractivity contribution in [3.8, 4) is 22.8 Å². The molecule has 1 aliphatic heterocycles. The fraction of sp³-hybridized carbons (Fsp3) is 0.367. The predicted octanol–water partition coefficient (Wildman–Crippen LogP) is 3.81. The topological polar surface area (TPSA) is 112 Å². The Bertz CT molecular complexity index is 1300. The number of amides is 1. The highest BCUT2D eigenvalue weighted by Gasteiger charge is 2.34. The number of nitrogens with zero attached hydrogens (tertiary/aromatic N) is 3. The summed E-state index contributed by atoms with van der Waals surface area (Å²) in [5.74, 6) is -0.228. The van der Waals surface area contributed by atoms with Crippen molar-refractivity contribution in [1.82, 2.24) is 14.8 Å². The van der Waals surface area contributed by atoms with Crippen LogP contribution in [0, 0.1) is 5.92 Å². The zero-order valence-electron chi connectivity index (χ0n) is 22.7. The molecule has 1 aromatic heterocycles. The molecular weight excluding hydrogens is 498 g/mol. The summed E-state index contributed by atoms with van der Waals surface area (Å²) in [4.78, 5) is 33.2. The van der Waals surface area contributed by atoms with E-state index in [0.717, 1.165) is 22.4 Å². The van der Waals surface area contributed by atoms with Gasteiger partial charge in [0.1, 0.15) is 17.4 Å². The van der Waals surface area contributed by atoms with Crippen molar-refractivity contribution in [3.05, 3.63) is 77.5 Å². The molecule has 9 heteroatoms. The highest BCUT2D eigenvalue weighted by molar-refractivity contribution is 5.98. The normalized spacial score (nSPS) is 18.1. The number of aliphatic hydroxyl groups is 1. The SMILES string of the molecule is COc1ccc(-c2cnc3c(c2)C(=O)N([C@H](C)CO)C[C@@H](C)[C@H](CN(C)Cc2ccc(C(=O)O)cc2)O3)cc1. The number of benzene rings is 2. The van der Waals surface area contributed by atoms with Gasteiger partial charge in [-0.2, -0.15) is 0 Å². The van der Waals surface area contributed by atoms with Gasteiger partial charge in [0.25, 0.3) is 5.91 Å². The Morgan fingerprint density at radius 3 is 2.49 bits per heavy atom. The second-order valence-electron chi connectivity index (χ2n) is 10.1. The van der Waals surface area contributed by atoms with Gasteiger partial charge >= 0.3 is 5.97 Å². The molecule has 3 aromatic rings. The zero-order valence-corrected chi connectivity index (χ0v) is 22.7. The lowest BCUT2D eigenvalue weighted by molar-refractivity contribution is 0.0325. The number of aromatic carboxylic acids is 1. The maximum absolute atomic E-state index is 13.7. The molecule has 0 radical (unpaired) electrons. The largest absolute Gasteiger partial charge is 0.497 e. The number of ether oxygens (including phenoxy) is 2. The Balaban J connectivity index is 1.61. The molecule has 39 heavy (non-hydrogen) atoms. The number of aromatic nitrogens is 1. The number of rotatable bonds is 9. The number of fused-ring (bicyclic) bond motifs is 1. The van der Waals surface area contributed by atoms with E-state index < -0.39 is 5.97 Å². The van der Waals surface area contributed by atoms with Gasteiger partial charge in [0.05, 0.1) is 25.3 Å². The van der Waals surface area contributed by atoms with Gasteiger partial charge in [-0.15, -0.1) is 0 Å². The standard InChI is InChI=1S/C30H35N3O6/c1-19-15-33(20(2)18-34)29(35)26-13-24(22-9-11-25(38-4)12-10-22)14-31-28(26)39-27(19)17-32(3)16-21-5-7-23(8-6-21)30(36)37/h5-14,19-20,27,34H,15-18H2,1-4H3,(H,36,37)/t19-,20-,27+/m1/s1. The highest BCUT2D eigenvalue weighted by atomic mass is 16.5. The highest BCUT2D eigenvalue weighted by Crippen LogP contribution is 2.31. The lowest BCUT2D eigenvalue weighted by Crippen LogP contribution is -2.49. The summed E-state index contributed by atoms with van der Waals surface area (Å²) in [7, 11) is 3.58. The first-order valence-electron chi connectivity index (χ1n) is 12.9. The lowest BCUT2D eigenvalue weighted by atomic mass is 9.99. The molecule has 3 atom stereocenters. The Labute approximate surface area is 228 Å². The van der Waals surface area contributed by atoms with Gasteiger partial charge in [-0.25, -0.2) is 9.78 Å². The number of carboxylic acid groups (broad SMARTS) is 1. The molecule has 1 amide bonds. The molecule has 0 saturated heterocycles. The molecule has 206 valence electrons. The van der Waals surface area contributed by atoms with Crippen LogP contribution in [-0.4, -0.2) is 82.9 Å². The molecule has 1 aliphatic rings. The Morgan fingerprint density at radius 1 is 1.18 bits per heavy atom. The maximum Gasteiger partial charge on any atom is 0.335 e. The van der Waals surface area contributed by atoms with Crippen molar-refractivity contribution >= 4 is 11.9 Å². The van der Waals surface area contributed by atoms with E-state index in [0.29, 0.717) is 25.2 Å². The van der Waals surface area contributed by atoms with Crippen LogP contribution < -0.4 is 9.47 Å². The van der Waals surface area contributed by atoms with E-state index in [1.54, 1.807) is 36.4 Å². The third-order valence-corrected chi connectivity index (χ3v) is 7.09. The molecule has 4 rings (SSSR count). The van der Waals surface area contributed by atoms with Crippen molar-refractivity contribution in [1.29, 1.82) is 0 Å². The van der Waals surface area contributed by atoms with Gasteiger partial charge in [-0.05, 0) is 55.4 Å². The zero-order chi connectivity index (χ0) is 28.1. The Kier molecular flexibility index (Phi) is 8.83. The number of likely N-dealkylation sites (N-methyl/N-ethyl adjacent to an activating group) is 1. The van der Waals surface area contributed by atoms with Gasteiger partial charge in [0, 0.05) is 37.3 Å². The van der Waals surface area contributed by atoms with Gasteiger partial charge in [0.15, 0.2) is 0 Å². The number of hydrogen-bond donors (Lipinski definition) is 2. The summed E-state index contributed by atoms with van der Waals surface area (Å²) in [6.07, 6.45) is 1.41. The fourth-order valence-electron chi connectivity index (χ4n) is 4.70. The second kappa shape index (κ2) is 12.3. The van der Waals surface area contributed by atoms with Crippen molar-refractivity contribution in [2.45, 2.75) is 32.5 Å². The van der Waals surface area contributed by atoms with E-state index in [2.05, 4.69) is 9.88 Å². The van der Waals surface area contributed by atoms with Crippen molar-refractivity contribution < 1.29 is 29.3 Å². The quantitative estimate of drug-likeness (QED) is 0.427. The van der Waals surface area contributed by atoms with Gasteiger partial charge in [0.2, 0.25) is 5.88 Å². The molecule has 2 aromatic carbocycles. The minimum atomic E-state index is -0.954. The number of methoxy groups -OCH3 is 1. The maximum atomic E-state index is 13.7. The summed E-state index contributed by atoms with van der Waals surface area (Å²) < 4.78 is 11.7. The van der Waals surface area contributed by atoms with Crippen LogP contribution in [0.4, 0.5) is 0 Å². The van der Waals surface area contributed by atoms with E-state index in [1.807, 2.05) is 57.3 Å². The van der Waals surface area contributed by atoms with Crippen LogP contribution in [0.1, 0.15) is 40.1 Å². The van der Waals surface area contributed by atoms with E-state index >= 15 is 0 Å². The fourth-order valence-corrected chi connectivity index (χ4v) is 4.70. The second-order valence-corrected chi connectivity index (χ2v) is 10.1. The first-order chi connectivity index (χ1) is 18.7. The number of carbonyl (C=O) groups excluding carboxylic acids is 1. The molecule has 0 unspecified atom stereocenters. The number of pyridine rings is 1. The van der Waals surface area contributed by atoms with Gasteiger partial charge < -0.3 is 24.6 Å². The summed E-state index contributed by atoms with van der Waals surface area (Å²) in [6, 6.07) is 15.8. The number of carboxylic acids is 1. The molecule has 0 saturated carbocycles. The first kappa shape index (κ1) is 28.1.